The lowest BCUT2D eigenvalue weighted by molar-refractivity contribution is -0.132. The Labute approximate surface area is 132 Å². The first kappa shape index (κ1) is 16.8. The van der Waals surface area contributed by atoms with Crippen LogP contribution in [0, 0.1) is 0 Å². The van der Waals surface area contributed by atoms with Gasteiger partial charge < -0.3 is 9.64 Å². The predicted molar refractivity (Wildman–Crippen MR) is 85.8 cm³/mol. The van der Waals surface area contributed by atoms with Crippen LogP contribution in [0.5, 0.6) is 5.75 Å². The zero-order valence-corrected chi connectivity index (χ0v) is 13.9. The lowest BCUT2D eigenvalue weighted by atomic mass is 10.1. The molecule has 1 atom stereocenters. The molecular formula is C16H23NO4S. The summed E-state index contributed by atoms with van der Waals surface area (Å²) in [7, 11) is -1.42. The van der Waals surface area contributed by atoms with Crippen LogP contribution < -0.4 is 4.74 Å². The first-order valence-corrected chi connectivity index (χ1v) is 9.40. The molecule has 1 unspecified atom stereocenters. The maximum Gasteiger partial charge on any atom is 0.227 e. The molecule has 1 aromatic carbocycles. The second-order valence-electron chi connectivity index (χ2n) is 5.63. The fourth-order valence-corrected chi connectivity index (χ4v) is 4.62. The minimum absolute atomic E-state index is 0.0338. The molecule has 0 saturated carbocycles. The van der Waals surface area contributed by atoms with E-state index in [1.807, 2.05) is 31.2 Å². The molecule has 2 rings (SSSR count). The molecule has 0 N–H and O–H groups in total. The minimum atomic E-state index is -3.00. The Morgan fingerprint density at radius 3 is 2.68 bits per heavy atom. The summed E-state index contributed by atoms with van der Waals surface area (Å²) < 4.78 is 28.6. The Balaban J connectivity index is 2.13. The molecule has 0 spiro atoms. The van der Waals surface area contributed by atoms with Gasteiger partial charge in [-0.1, -0.05) is 25.1 Å². The van der Waals surface area contributed by atoms with Gasteiger partial charge in [-0.3, -0.25) is 4.79 Å². The van der Waals surface area contributed by atoms with Crippen LogP contribution in [0.1, 0.15) is 25.3 Å². The number of methoxy groups -OCH3 is 1. The van der Waals surface area contributed by atoms with Crippen molar-refractivity contribution in [2.45, 2.75) is 32.2 Å². The molecule has 6 heteroatoms. The summed E-state index contributed by atoms with van der Waals surface area (Å²) in [5.74, 6) is 0.921. The first-order chi connectivity index (χ1) is 10.5. The summed E-state index contributed by atoms with van der Waals surface area (Å²) in [4.78, 5) is 14.4. The van der Waals surface area contributed by atoms with Crippen molar-refractivity contribution in [3.05, 3.63) is 29.8 Å². The van der Waals surface area contributed by atoms with Crippen LogP contribution in [0.25, 0.3) is 0 Å². The highest BCUT2D eigenvalue weighted by molar-refractivity contribution is 7.91. The van der Waals surface area contributed by atoms with Gasteiger partial charge >= 0.3 is 0 Å². The number of ether oxygens (including phenoxy) is 1. The van der Waals surface area contributed by atoms with Crippen molar-refractivity contribution in [2.75, 3.05) is 25.2 Å². The topological polar surface area (TPSA) is 63.7 Å². The number of rotatable bonds is 6. The number of sulfone groups is 1. The van der Waals surface area contributed by atoms with E-state index in [4.69, 9.17) is 4.74 Å². The fourth-order valence-electron chi connectivity index (χ4n) is 2.89. The molecule has 22 heavy (non-hydrogen) atoms. The number of nitrogens with zero attached hydrogens (tertiary/aromatic N) is 1. The number of benzene rings is 1. The van der Waals surface area contributed by atoms with Crippen molar-refractivity contribution in [1.82, 2.24) is 4.90 Å². The van der Waals surface area contributed by atoms with Gasteiger partial charge in [0.25, 0.3) is 0 Å². The average molecular weight is 325 g/mol. The zero-order chi connectivity index (χ0) is 16.2. The van der Waals surface area contributed by atoms with E-state index in [9.17, 15) is 13.2 Å². The van der Waals surface area contributed by atoms with Crippen molar-refractivity contribution in [3.63, 3.8) is 0 Å². The van der Waals surface area contributed by atoms with Crippen molar-refractivity contribution >= 4 is 15.7 Å². The molecule has 0 radical (unpaired) electrons. The number of carbonyl (C=O) groups excluding carboxylic acids is 1. The molecule has 0 bridgehead atoms. The molecule has 1 heterocycles. The Morgan fingerprint density at radius 2 is 2.09 bits per heavy atom. The van der Waals surface area contributed by atoms with E-state index >= 15 is 0 Å². The maximum atomic E-state index is 12.6. The lowest BCUT2D eigenvalue weighted by Crippen LogP contribution is -2.42. The van der Waals surface area contributed by atoms with Gasteiger partial charge in [-0.2, -0.15) is 0 Å². The monoisotopic (exact) mass is 325 g/mol. The molecule has 1 aliphatic heterocycles. The number of carbonyl (C=O) groups is 1. The van der Waals surface area contributed by atoms with Crippen LogP contribution >= 0.6 is 0 Å². The normalized spacial score (nSPS) is 19.8. The summed E-state index contributed by atoms with van der Waals surface area (Å²) in [6.07, 6.45) is 1.59. The van der Waals surface area contributed by atoms with Gasteiger partial charge in [-0.25, -0.2) is 8.42 Å². The number of amides is 1. The Kier molecular flexibility index (Phi) is 5.45. The summed E-state index contributed by atoms with van der Waals surface area (Å²) in [5, 5.41) is 0. The van der Waals surface area contributed by atoms with Gasteiger partial charge in [0.15, 0.2) is 9.84 Å². The minimum Gasteiger partial charge on any atom is -0.496 e. The SMILES string of the molecule is CCCN(C(=O)Cc1ccccc1OC)C1CCS(=O)(=O)C1. The van der Waals surface area contributed by atoms with Crippen LogP contribution in [0.3, 0.4) is 0 Å². The van der Waals surface area contributed by atoms with Gasteiger partial charge in [-0.15, -0.1) is 0 Å². The van der Waals surface area contributed by atoms with Crippen LogP contribution in [0.15, 0.2) is 24.3 Å². The summed E-state index contributed by atoms with van der Waals surface area (Å²) in [5.41, 5.74) is 0.831. The van der Waals surface area contributed by atoms with Crippen LogP contribution in [0.2, 0.25) is 0 Å². The van der Waals surface area contributed by atoms with Gasteiger partial charge in [0.1, 0.15) is 5.75 Å². The zero-order valence-electron chi connectivity index (χ0n) is 13.1. The Bertz CT molecular complexity index is 627. The molecule has 0 aliphatic carbocycles. The molecule has 1 saturated heterocycles. The van der Waals surface area contributed by atoms with Crippen molar-refractivity contribution in [1.29, 1.82) is 0 Å². The molecule has 0 aromatic heterocycles. The number of hydrogen-bond acceptors (Lipinski definition) is 4. The van der Waals surface area contributed by atoms with E-state index in [0.717, 1.165) is 12.0 Å². The second kappa shape index (κ2) is 7.13. The van der Waals surface area contributed by atoms with E-state index in [1.54, 1.807) is 12.0 Å². The van der Waals surface area contributed by atoms with Gasteiger partial charge in [0, 0.05) is 18.2 Å². The Morgan fingerprint density at radius 1 is 1.36 bits per heavy atom. The molecule has 1 fully saturated rings. The molecular weight excluding hydrogens is 302 g/mol. The molecule has 5 nitrogen and oxygen atoms in total. The molecule has 1 aromatic rings. The highest BCUT2D eigenvalue weighted by Gasteiger charge is 2.34. The van der Waals surface area contributed by atoms with E-state index in [2.05, 4.69) is 0 Å². The van der Waals surface area contributed by atoms with Crippen molar-refractivity contribution < 1.29 is 17.9 Å². The van der Waals surface area contributed by atoms with Crippen molar-refractivity contribution in [3.8, 4) is 5.75 Å². The molecule has 1 aliphatic rings. The largest absolute Gasteiger partial charge is 0.496 e. The number of hydrogen-bond donors (Lipinski definition) is 0. The van der Waals surface area contributed by atoms with Crippen LogP contribution in [-0.2, 0) is 21.1 Å². The molecule has 122 valence electrons. The van der Waals surface area contributed by atoms with Gasteiger partial charge in [-0.05, 0) is 18.9 Å². The maximum absolute atomic E-state index is 12.6. The third-order valence-corrected chi connectivity index (χ3v) is 5.72. The fraction of sp³-hybridized carbons (Fsp3) is 0.562. The quantitative estimate of drug-likeness (QED) is 0.798. The van der Waals surface area contributed by atoms with Crippen LogP contribution in [-0.4, -0.2) is 50.4 Å². The standard InChI is InChI=1S/C16H23NO4S/c1-3-9-17(14-8-10-22(19,20)12-14)16(18)11-13-6-4-5-7-15(13)21-2/h4-7,14H,3,8-12H2,1-2H3. The summed E-state index contributed by atoms with van der Waals surface area (Å²) >= 11 is 0. The number of para-hydroxylation sites is 1. The van der Waals surface area contributed by atoms with E-state index < -0.39 is 9.84 Å². The third-order valence-electron chi connectivity index (χ3n) is 3.97. The van der Waals surface area contributed by atoms with Crippen molar-refractivity contribution in [2.24, 2.45) is 0 Å². The lowest BCUT2D eigenvalue weighted by Gasteiger charge is -2.28. The highest BCUT2D eigenvalue weighted by atomic mass is 32.2. The smallest absolute Gasteiger partial charge is 0.227 e. The van der Waals surface area contributed by atoms with Gasteiger partial charge in [0.2, 0.25) is 5.91 Å². The third kappa shape index (κ3) is 4.00. The Hall–Kier alpha value is -1.56. The average Bonchev–Trinajstić information content (AvgIpc) is 2.85. The van der Waals surface area contributed by atoms with E-state index in [1.165, 1.54) is 0 Å². The first-order valence-electron chi connectivity index (χ1n) is 7.58. The second-order valence-corrected chi connectivity index (χ2v) is 7.86. The predicted octanol–water partition coefficient (Wildman–Crippen LogP) is 1.66. The van der Waals surface area contributed by atoms with E-state index in [0.29, 0.717) is 18.7 Å². The highest BCUT2D eigenvalue weighted by Crippen LogP contribution is 2.22. The summed E-state index contributed by atoms with van der Waals surface area (Å²) in [6, 6.07) is 7.24. The molecule has 1 amide bonds. The van der Waals surface area contributed by atoms with Crippen LogP contribution in [0.4, 0.5) is 0 Å². The van der Waals surface area contributed by atoms with E-state index in [-0.39, 0.29) is 29.9 Å². The van der Waals surface area contributed by atoms with Gasteiger partial charge in [0.05, 0.1) is 25.0 Å². The summed E-state index contributed by atoms with van der Waals surface area (Å²) in [6.45, 7) is 2.58.